The zero-order valence-corrected chi connectivity index (χ0v) is 22.9. The zero-order valence-electron chi connectivity index (χ0n) is 22.1. The Bertz CT molecular complexity index is 1190. The Morgan fingerprint density at radius 3 is 2.03 bits per heavy atom. The van der Waals surface area contributed by atoms with Crippen molar-refractivity contribution in [3.05, 3.63) is 113 Å². The van der Waals surface area contributed by atoms with Gasteiger partial charge in [-0.3, -0.25) is 4.90 Å². The van der Waals surface area contributed by atoms with Gasteiger partial charge in [-0.25, -0.2) is 9.00 Å². The molecule has 1 amide bonds. The largest absolute Gasteiger partial charge is 0.444 e. The lowest BCUT2D eigenvalue weighted by atomic mass is 9.97. The minimum atomic E-state index is -1.49. The third kappa shape index (κ3) is 8.69. The Morgan fingerprint density at radius 2 is 1.49 bits per heavy atom. The molecule has 0 aliphatic carbocycles. The molecule has 1 N–H and O–H groups in total. The predicted octanol–water partition coefficient (Wildman–Crippen LogP) is 6.42. The normalized spacial score (nSPS) is 13.9. The van der Waals surface area contributed by atoms with Crippen molar-refractivity contribution in [3.63, 3.8) is 0 Å². The number of ether oxygens (including phenoxy) is 1. The molecule has 0 fully saturated rings. The van der Waals surface area contributed by atoms with Gasteiger partial charge < -0.3 is 9.84 Å². The summed E-state index contributed by atoms with van der Waals surface area (Å²) in [7, 11) is -1.49. The van der Waals surface area contributed by atoms with E-state index in [1.807, 2.05) is 113 Å². The second-order valence-corrected chi connectivity index (χ2v) is 11.8. The molecule has 5 nitrogen and oxygen atoms in total. The van der Waals surface area contributed by atoms with Crippen molar-refractivity contribution < 1.29 is 18.8 Å². The van der Waals surface area contributed by atoms with E-state index < -0.39 is 34.6 Å². The second-order valence-electron chi connectivity index (χ2n) is 10.2. The van der Waals surface area contributed by atoms with E-state index in [4.69, 9.17) is 4.74 Å². The summed E-state index contributed by atoms with van der Waals surface area (Å²) in [5.41, 5.74) is 2.26. The highest BCUT2D eigenvalue weighted by Crippen LogP contribution is 2.25. The summed E-state index contributed by atoms with van der Waals surface area (Å²) >= 11 is 0. The summed E-state index contributed by atoms with van der Waals surface area (Å²) in [6, 6.07) is 26.1. The maximum absolute atomic E-state index is 13.5. The monoisotopic (exact) mass is 519 g/mol. The van der Waals surface area contributed by atoms with Crippen LogP contribution in [0.1, 0.15) is 43.9 Å². The fourth-order valence-electron chi connectivity index (χ4n) is 4.00. The molecule has 0 spiro atoms. The lowest BCUT2D eigenvalue weighted by molar-refractivity contribution is -0.00830. The molecule has 0 unspecified atom stereocenters. The van der Waals surface area contributed by atoms with E-state index in [0.717, 1.165) is 16.7 Å². The number of hydrogen-bond acceptors (Lipinski definition) is 4. The van der Waals surface area contributed by atoms with Crippen LogP contribution in [0.5, 0.6) is 0 Å². The standard InChI is InChI=1S/C31H37NO4S/c1-23-16-18-27(19-17-23)37(35)24(2)20-29(33)28(21-25-12-8-6-9-13-25)32(30(34)36-31(3,4)5)22-26-14-10-7-11-15-26/h6-19,28-29,33H,2,20-22H2,1,3-5H3/t28-,29+,37+/m0/s1. The predicted molar refractivity (Wildman–Crippen MR) is 150 cm³/mol. The van der Waals surface area contributed by atoms with Gasteiger partial charge >= 0.3 is 6.09 Å². The quantitative estimate of drug-likeness (QED) is 0.336. The molecule has 0 aliphatic heterocycles. The van der Waals surface area contributed by atoms with Crippen LogP contribution >= 0.6 is 0 Å². The van der Waals surface area contributed by atoms with Gasteiger partial charge in [0.05, 0.1) is 22.9 Å². The van der Waals surface area contributed by atoms with Gasteiger partial charge in [-0.2, -0.15) is 0 Å². The van der Waals surface area contributed by atoms with Gasteiger partial charge in [0.1, 0.15) is 5.60 Å². The number of benzene rings is 3. The average molecular weight is 520 g/mol. The molecule has 3 aromatic carbocycles. The molecule has 0 saturated carbocycles. The van der Waals surface area contributed by atoms with Gasteiger partial charge in [-0.1, -0.05) is 84.9 Å². The number of carbonyl (C=O) groups excluding carboxylic acids is 1. The number of hydrogen-bond donors (Lipinski definition) is 1. The molecule has 0 heterocycles. The van der Waals surface area contributed by atoms with Crippen molar-refractivity contribution in [2.75, 3.05) is 0 Å². The summed E-state index contributed by atoms with van der Waals surface area (Å²) in [4.78, 5) is 16.1. The summed E-state index contributed by atoms with van der Waals surface area (Å²) in [6.45, 7) is 11.7. The molecule has 0 radical (unpaired) electrons. The summed E-state index contributed by atoms with van der Waals surface area (Å²) in [5.74, 6) is 0. The second kappa shape index (κ2) is 12.8. The van der Waals surface area contributed by atoms with Crippen molar-refractivity contribution in [3.8, 4) is 0 Å². The first-order chi connectivity index (χ1) is 17.5. The van der Waals surface area contributed by atoms with Crippen LogP contribution in [0.2, 0.25) is 0 Å². The first-order valence-corrected chi connectivity index (χ1v) is 13.6. The minimum absolute atomic E-state index is 0.0755. The van der Waals surface area contributed by atoms with E-state index in [9.17, 15) is 14.1 Å². The van der Waals surface area contributed by atoms with Gasteiger partial charge in [0.25, 0.3) is 0 Å². The van der Waals surface area contributed by atoms with E-state index in [0.29, 0.717) is 16.2 Å². The molecular weight excluding hydrogens is 482 g/mol. The average Bonchev–Trinajstić information content (AvgIpc) is 2.86. The zero-order chi connectivity index (χ0) is 27.0. The van der Waals surface area contributed by atoms with Crippen LogP contribution < -0.4 is 0 Å². The highest BCUT2D eigenvalue weighted by Gasteiger charge is 2.34. The number of carbonyl (C=O) groups is 1. The van der Waals surface area contributed by atoms with Crippen LogP contribution in [0.3, 0.4) is 0 Å². The van der Waals surface area contributed by atoms with Gasteiger partial charge in [-0.15, -0.1) is 0 Å². The number of nitrogens with zero attached hydrogens (tertiary/aromatic N) is 1. The fourth-order valence-corrected chi connectivity index (χ4v) is 5.04. The smallest absolute Gasteiger partial charge is 0.410 e. The van der Waals surface area contributed by atoms with E-state index in [1.165, 1.54) is 0 Å². The van der Waals surface area contributed by atoms with Gasteiger partial charge in [-0.05, 0) is 57.4 Å². The molecule has 3 atom stereocenters. The van der Waals surface area contributed by atoms with Crippen molar-refractivity contribution in [2.45, 2.75) is 69.7 Å². The van der Waals surface area contributed by atoms with E-state index in [1.54, 1.807) is 4.90 Å². The third-order valence-corrected chi connectivity index (χ3v) is 7.28. The van der Waals surface area contributed by atoms with Crippen LogP contribution in [0, 0.1) is 6.92 Å². The number of aliphatic hydroxyl groups is 1. The SMILES string of the molecule is C=C(C[C@@H](O)[C@H](Cc1ccccc1)N(Cc1ccccc1)C(=O)OC(C)(C)C)[S@@](=O)c1ccc(C)cc1. The molecule has 0 aromatic heterocycles. The Morgan fingerprint density at radius 1 is 0.946 bits per heavy atom. The molecule has 6 heteroatoms. The number of aryl methyl sites for hydroxylation is 1. The van der Waals surface area contributed by atoms with E-state index >= 15 is 0 Å². The van der Waals surface area contributed by atoms with Crippen LogP contribution in [0.15, 0.2) is 101 Å². The van der Waals surface area contributed by atoms with Crippen LogP contribution in [-0.4, -0.2) is 38.1 Å². The van der Waals surface area contributed by atoms with Crippen LogP contribution in [-0.2, 0) is 28.5 Å². The lowest BCUT2D eigenvalue weighted by Gasteiger charge is -2.36. The number of amides is 1. The Hall–Kier alpha value is -3.22. The summed E-state index contributed by atoms with van der Waals surface area (Å²) < 4.78 is 18.9. The molecular formula is C31H37NO4S. The van der Waals surface area contributed by atoms with Gasteiger partial charge in [0.2, 0.25) is 0 Å². The molecule has 0 aliphatic rings. The van der Waals surface area contributed by atoms with Gasteiger partial charge in [0, 0.05) is 22.8 Å². The van der Waals surface area contributed by atoms with E-state index in [2.05, 4.69) is 6.58 Å². The molecule has 0 bridgehead atoms. The number of aliphatic hydroxyl groups excluding tert-OH is 1. The third-order valence-electron chi connectivity index (χ3n) is 5.89. The topological polar surface area (TPSA) is 66.8 Å². The van der Waals surface area contributed by atoms with Crippen molar-refractivity contribution in [2.24, 2.45) is 0 Å². The highest BCUT2D eigenvalue weighted by atomic mass is 32.2. The molecule has 37 heavy (non-hydrogen) atoms. The fraction of sp³-hybridized carbons (Fsp3) is 0.323. The van der Waals surface area contributed by atoms with Crippen molar-refractivity contribution in [1.82, 2.24) is 4.90 Å². The Labute approximate surface area is 223 Å². The summed E-state index contributed by atoms with van der Waals surface area (Å²) in [6.07, 6.45) is -1.05. The first kappa shape index (κ1) is 28.4. The summed E-state index contributed by atoms with van der Waals surface area (Å²) in [5, 5.41) is 11.5. The molecule has 196 valence electrons. The molecule has 3 aromatic rings. The Kier molecular flexibility index (Phi) is 9.84. The first-order valence-electron chi connectivity index (χ1n) is 12.5. The van der Waals surface area contributed by atoms with E-state index in [-0.39, 0.29) is 13.0 Å². The Balaban J connectivity index is 1.92. The van der Waals surface area contributed by atoms with Crippen molar-refractivity contribution in [1.29, 1.82) is 0 Å². The van der Waals surface area contributed by atoms with Crippen LogP contribution in [0.25, 0.3) is 0 Å². The highest BCUT2D eigenvalue weighted by molar-refractivity contribution is 7.89. The molecule has 0 saturated heterocycles. The minimum Gasteiger partial charge on any atom is -0.444 e. The van der Waals surface area contributed by atoms with Crippen molar-refractivity contribution >= 4 is 16.9 Å². The van der Waals surface area contributed by atoms with Gasteiger partial charge in [0.15, 0.2) is 0 Å². The number of rotatable bonds is 10. The van der Waals surface area contributed by atoms with Crippen LogP contribution in [0.4, 0.5) is 4.79 Å². The lowest BCUT2D eigenvalue weighted by Crippen LogP contribution is -2.49. The maximum Gasteiger partial charge on any atom is 0.410 e. The maximum atomic E-state index is 13.5. The molecule has 3 rings (SSSR count).